The summed E-state index contributed by atoms with van der Waals surface area (Å²) in [6.07, 6.45) is 5.55. The average Bonchev–Trinajstić information content (AvgIpc) is 2.11. The zero-order chi connectivity index (χ0) is 10.8. The fourth-order valence-electron chi connectivity index (χ4n) is 2.90. The standard InChI is InChI=1S/C12H22O2/c1-4-11(2)7-5-8-12(3,14)10(11)6-9-13/h4,10,13-14H,1,5-9H2,2-3H3/t10-,11+,12-/m1/s1. The molecule has 0 saturated heterocycles. The summed E-state index contributed by atoms with van der Waals surface area (Å²) in [4.78, 5) is 0. The highest BCUT2D eigenvalue weighted by atomic mass is 16.3. The fraction of sp³-hybridized carbons (Fsp3) is 0.833. The van der Waals surface area contributed by atoms with E-state index in [1.54, 1.807) is 0 Å². The van der Waals surface area contributed by atoms with E-state index in [1.165, 1.54) is 0 Å². The van der Waals surface area contributed by atoms with Crippen LogP contribution in [-0.4, -0.2) is 22.4 Å². The Morgan fingerprint density at radius 3 is 2.57 bits per heavy atom. The van der Waals surface area contributed by atoms with Crippen LogP contribution in [0.1, 0.15) is 39.5 Å². The van der Waals surface area contributed by atoms with E-state index in [9.17, 15) is 5.11 Å². The van der Waals surface area contributed by atoms with Crippen molar-refractivity contribution in [3.63, 3.8) is 0 Å². The second-order valence-corrected chi connectivity index (χ2v) is 4.99. The van der Waals surface area contributed by atoms with Crippen LogP contribution in [0.3, 0.4) is 0 Å². The molecule has 1 saturated carbocycles. The lowest BCUT2D eigenvalue weighted by Crippen LogP contribution is -2.47. The third-order valence-electron chi connectivity index (χ3n) is 3.83. The molecule has 3 atom stereocenters. The second-order valence-electron chi connectivity index (χ2n) is 4.99. The van der Waals surface area contributed by atoms with Gasteiger partial charge in [0.1, 0.15) is 0 Å². The van der Waals surface area contributed by atoms with Crippen LogP contribution in [-0.2, 0) is 0 Å². The molecule has 82 valence electrons. The third kappa shape index (κ3) is 2.01. The van der Waals surface area contributed by atoms with Gasteiger partial charge in [0.2, 0.25) is 0 Å². The summed E-state index contributed by atoms with van der Waals surface area (Å²) in [5.74, 6) is 0.131. The summed E-state index contributed by atoms with van der Waals surface area (Å²) in [5, 5.41) is 19.3. The first-order valence-electron chi connectivity index (χ1n) is 5.43. The fourth-order valence-corrected chi connectivity index (χ4v) is 2.90. The largest absolute Gasteiger partial charge is 0.396 e. The zero-order valence-electron chi connectivity index (χ0n) is 9.29. The van der Waals surface area contributed by atoms with Crippen LogP contribution in [0.25, 0.3) is 0 Å². The number of rotatable bonds is 3. The van der Waals surface area contributed by atoms with Gasteiger partial charge in [-0.15, -0.1) is 6.58 Å². The van der Waals surface area contributed by atoms with Crippen LogP contribution in [0.2, 0.25) is 0 Å². The highest BCUT2D eigenvalue weighted by Crippen LogP contribution is 2.48. The van der Waals surface area contributed by atoms with Gasteiger partial charge in [-0.2, -0.15) is 0 Å². The van der Waals surface area contributed by atoms with Gasteiger partial charge in [0, 0.05) is 6.61 Å². The van der Waals surface area contributed by atoms with Gasteiger partial charge in [-0.05, 0) is 43.9 Å². The van der Waals surface area contributed by atoms with Crippen molar-refractivity contribution in [2.45, 2.75) is 45.1 Å². The Balaban J connectivity index is 2.89. The molecule has 14 heavy (non-hydrogen) atoms. The van der Waals surface area contributed by atoms with Crippen LogP contribution in [0.5, 0.6) is 0 Å². The molecular formula is C12H22O2. The highest BCUT2D eigenvalue weighted by Gasteiger charge is 2.45. The molecule has 0 bridgehead atoms. The molecule has 0 aromatic carbocycles. The van der Waals surface area contributed by atoms with Gasteiger partial charge in [0.05, 0.1) is 5.60 Å². The molecular weight excluding hydrogens is 176 g/mol. The number of aliphatic hydroxyl groups is 2. The summed E-state index contributed by atoms with van der Waals surface area (Å²) in [5.41, 5.74) is -0.672. The second kappa shape index (κ2) is 4.03. The van der Waals surface area contributed by atoms with E-state index < -0.39 is 5.60 Å². The minimum absolute atomic E-state index is 0.0233. The molecule has 1 aliphatic rings. The molecule has 2 nitrogen and oxygen atoms in total. The summed E-state index contributed by atoms with van der Waals surface area (Å²) >= 11 is 0. The van der Waals surface area contributed by atoms with E-state index >= 15 is 0 Å². The predicted molar refractivity (Wildman–Crippen MR) is 58.0 cm³/mol. The van der Waals surface area contributed by atoms with Crippen LogP contribution >= 0.6 is 0 Å². The molecule has 0 heterocycles. The average molecular weight is 198 g/mol. The maximum absolute atomic E-state index is 10.3. The van der Waals surface area contributed by atoms with Gasteiger partial charge in [-0.3, -0.25) is 0 Å². The third-order valence-corrected chi connectivity index (χ3v) is 3.83. The Hall–Kier alpha value is -0.340. The predicted octanol–water partition coefficient (Wildman–Crippen LogP) is 2.11. The lowest BCUT2D eigenvalue weighted by molar-refractivity contribution is -0.0865. The molecule has 0 aromatic rings. The molecule has 0 unspecified atom stereocenters. The van der Waals surface area contributed by atoms with Crippen LogP contribution in [0.4, 0.5) is 0 Å². The minimum Gasteiger partial charge on any atom is -0.396 e. The Morgan fingerprint density at radius 1 is 1.43 bits per heavy atom. The van der Waals surface area contributed by atoms with E-state index in [-0.39, 0.29) is 17.9 Å². The first-order chi connectivity index (χ1) is 6.46. The molecule has 1 aliphatic carbocycles. The highest BCUT2D eigenvalue weighted by molar-refractivity contribution is 5.05. The van der Waals surface area contributed by atoms with Gasteiger partial charge < -0.3 is 10.2 Å². The van der Waals surface area contributed by atoms with Crippen LogP contribution in [0, 0.1) is 11.3 Å². The zero-order valence-corrected chi connectivity index (χ0v) is 9.29. The SMILES string of the molecule is C=C[C@@]1(C)CCC[C@@](C)(O)[C@@H]1CCO. The van der Waals surface area contributed by atoms with Crippen molar-refractivity contribution in [1.29, 1.82) is 0 Å². The summed E-state index contributed by atoms with van der Waals surface area (Å²) in [7, 11) is 0. The molecule has 2 N–H and O–H groups in total. The van der Waals surface area contributed by atoms with E-state index in [0.29, 0.717) is 6.42 Å². The molecule has 0 spiro atoms. The Labute approximate surface area is 86.6 Å². The smallest absolute Gasteiger partial charge is 0.0656 e. The lowest BCUT2D eigenvalue weighted by Gasteiger charge is -2.48. The Morgan fingerprint density at radius 2 is 2.07 bits per heavy atom. The van der Waals surface area contributed by atoms with Gasteiger partial charge in [-0.25, -0.2) is 0 Å². The van der Waals surface area contributed by atoms with E-state index in [2.05, 4.69) is 13.5 Å². The van der Waals surface area contributed by atoms with Crippen molar-refractivity contribution in [2.75, 3.05) is 6.61 Å². The van der Waals surface area contributed by atoms with Gasteiger partial charge in [0.15, 0.2) is 0 Å². The Bertz CT molecular complexity index is 210. The molecule has 1 rings (SSSR count). The maximum atomic E-state index is 10.3. The normalized spacial score (nSPS) is 43.6. The topological polar surface area (TPSA) is 40.5 Å². The monoisotopic (exact) mass is 198 g/mol. The van der Waals surface area contributed by atoms with Crippen LogP contribution in [0.15, 0.2) is 12.7 Å². The van der Waals surface area contributed by atoms with E-state index in [0.717, 1.165) is 19.3 Å². The van der Waals surface area contributed by atoms with Crippen molar-refractivity contribution in [3.05, 3.63) is 12.7 Å². The van der Waals surface area contributed by atoms with E-state index in [4.69, 9.17) is 5.11 Å². The van der Waals surface area contributed by atoms with Gasteiger partial charge in [0.25, 0.3) is 0 Å². The van der Waals surface area contributed by atoms with Crippen molar-refractivity contribution in [3.8, 4) is 0 Å². The maximum Gasteiger partial charge on any atom is 0.0656 e. The van der Waals surface area contributed by atoms with Crippen LogP contribution < -0.4 is 0 Å². The molecule has 2 heteroatoms. The molecule has 0 aliphatic heterocycles. The number of hydrogen-bond donors (Lipinski definition) is 2. The van der Waals surface area contributed by atoms with E-state index in [1.807, 2.05) is 13.0 Å². The first-order valence-corrected chi connectivity index (χ1v) is 5.43. The number of hydrogen-bond acceptors (Lipinski definition) is 2. The summed E-state index contributed by atoms with van der Waals surface area (Å²) < 4.78 is 0. The van der Waals surface area contributed by atoms with Gasteiger partial charge >= 0.3 is 0 Å². The quantitative estimate of drug-likeness (QED) is 0.682. The lowest BCUT2D eigenvalue weighted by atomic mass is 9.60. The first kappa shape index (κ1) is 11.7. The summed E-state index contributed by atoms with van der Waals surface area (Å²) in [6.45, 7) is 8.02. The van der Waals surface area contributed by atoms with Gasteiger partial charge in [-0.1, -0.05) is 13.0 Å². The molecule has 0 aromatic heterocycles. The Kier molecular flexibility index (Phi) is 3.38. The van der Waals surface area contributed by atoms with Crippen molar-refractivity contribution >= 4 is 0 Å². The van der Waals surface area contributed by atoms with Crippen molar-refractivity contribution in [2.24, 2.45) is 11.3 Å². The molecule has 0 amide bonds. The molecule has 0 radical (unpaired) electrons. The minimum atomic E-state index is -0.649. The number of aliphatic hydroxyl groups excluding tert-OH is 1. The summed E-state index contributed by atoms with van der Waals surface area (Å²) in [6, 6.07) is 0. The molecule has 1 fully saturated rings. The van der Waals surface area contributed by atoms with Crippen molar-refractivity contribution in [1.82, 2.24) is 0 Å². The van der Waals surface area contributed by atoms with Crippen molar-refractivity contribution < 1.29 is 10.2 Å². The number of allylic oxidation sites excluding steroid dienone is 1.